The molecule has 3 N–H and O–H groups in total. The number of benzene rings is 2. The van der Waals surface area contributed by atoms with Crippen molar-refractivity contribution in [3.63, 3.8) is 0 Å². The average Bonchev–Trinajstić information content (AvgIpc) is 3.87. The monoisotopic (exact) mass is 610 g/mol. The lowest BCUT2D eigenvalue weighted by atomic mass is 10.0. The SMILES string of the molecule is Cc1ccc2c(NC[C@H](O)C3CC3)cccc2c1Oc1ncccc1-c1ccnc(N[C@H]2CCCN(C(=O)OC(C)(C)C)C2)n1. The molecule has 3 heterocycles. The van der Waals surface area contributed by atoms with E-state index in [1.54, 1.807) is 17.3 Å². The standard InChI is InChI=1S/C35H42N6O4/c1-22-12-15-25-26(9-5-11-28(25)38-20-30(42)23-13-14-23)31(22)44-32-27(10-6-17-36-32)29-16-18-37-33(40-29)39-24-8-7-19-41(21-24)34(43)45-35(2,3)4/h5-6,9-12,15-18,23-24,30,38,42H,7-8,13-14,19-21H2,1-4H3,(H,37,39,40)/t24-,30-/m0/s1. The summed E-state index contributed by atoms with van der Waals surface area (Å²) in [4.78, 5) is 28.3. The van der Waals surface area contributed by atoms with Crippen molar-refractivity contribution in [3.8, 4) is 22.9 Å². The molecule has 1 aliphatic carbocycles. The molecule has 2 fully saturated rings. The molecule has 0 spiro atoms. The van der Waals surface area contributed by atoms with Crippen LogP contribution in [0.15, 0.2) is 60.9 Å². The summed E-state index contributed by atoms with van der Waals surface area (Å²) in [6.45, 7) is 9.34. The van der Waals surface area contributed by atoms with Gasteiger partial charge in [0.15, 0.2) is 0 Å². The predicted octanol–water partition coefficient (Wildman–Crippen LogP) is 6.79. The number of likely N-dealkylation sites (tertiary alicyclic amines) is 1. The van der Waals surface area contributed by atoms with Crippen LogP contribution in [-0.4, -0.2) is 68.4 Å². The number of piperidine rings is 1. The minimum atomic E-state index is -0.540. The smallest absolute Gasteiger partial charge is 0.410 e. The molecular weight excluding hydrogens is 568 g/mol. The van der Waals surface area contributed by atoms with Crippen LogP contribution in [-0.2, 0) is 4.74 Å². The molecule has 4 aromatic rings. The van der Waals surface area contributed by atoms with Crippen molar-refractivity contribution in [2.75, 3.05) is 30.3 Å². The highest BCUT2D eigenvalue weighted by molar-refractivity contribution is 5.98. The van der Waals surface area contributed by atoms with Crippen molar-refractivity contribution >= 4 is 28.5 Å². The first kappa shape index (κ1) is 30.6. The fraction of sp³-hybridized carbons (Fsp3) is 0.429. The van der Waals surface area contributed by atoms with Crippen molar-refractivity contribution < 1.29 is 19.4 Å². The van der Waals surface area contributed by atoms with Crippen molar-refractivity contribution in [2.24, 2.45) is 5.92 Å². The zero-order chi connectivity index (χ0) is 31.6. The number of carbonyl (C=O) groups is 1. The molecular formula is C35H42N6O4. The number of fused-ring (bicyclic) bond motifs is 1. The third-order valence-electron chi connectivity index (χ3n) is 8.18. The molecule has 0 radical (unpaired) electrons. The number of aromatic nitrogens is 3. The largest absolute Gasteiger partial charge is 0.444 e. The number of rotatable bonds is 9. The van der Waals surface area contributed by atoms with E-state index in [1.165, 1.54) is 0 Å². The molecule has 1 saturated heterocycles. The van der Waals surface area contributed by atoms with E-state index in [2.05, 4.69) is 26.7 Å². The molecule has 1 aliphatic heterocycles. The summed E-state index contributed by atoms with van der Waals surface area (Å²) in [5.74, 6) is 2.04. The molecule has 10 nitrogen and oxygen atoms in total. The molecule has 0 unspecified atom stereocenters. The topological polar surface area (TPSA) is 122 Å². The number of ether oxygens (including phenoxy) is 2. The van der Waals surface area contributed by atoms with Gasteiger partial charge in [-0.3, -0.25) is 0 Å². The molecule has 6 rings (SSSR count). The predicted molar refractivity (Wildman–Crippen MR) is 176 cm³/mol. The molecule has 2 aliphatic rings. The second kappa shape index (κ2) is 12.9. The highest BCUT2D eigenvalue weighted by atomic mass is 16.6. The second-order valence-corrected chi connectivity index (χ2v) is 13.0. The van der Waals surface area contributed by atoms with Crippen LogP contribution < -0.4 is 15.4 Å². The Hall–Kier alpha value is -4.44. The molecule has 0 bridgehead atoms. The Balaban J connectivity index is 1.21. The Morgan fingerprint density at radius 2 is 1.89 bits per heavy atom. The van der Waals surface area contributed by atoms with E-state index in [1.807, 2.05) is 70.2 Å². The first-order chi connectivity index (χ1) is 21.6. The van der Waals surface area contributed by atoms with Gasteiger partial charge >= 0.3 is 6.09 Å². The van der Waals surface area contributed by atoms with Gasteiger partial charge in [0.25, 0.3) is 0 Å². The summed E-state index contributed by atoms with van der Waals surface area (Å²) in [5.41, 5.74) is 2.80. The minimum absolute atomic E-state index is 0.00216. The van der Waals surface area contributed by atoms with Gasteiger partial charge in [0, 0.05) is 54.5 Å². The highest BCUT2D eigenvalue weighted by Crippen LogP contribution is 2.39. The minimum Gasteiger partial charge on any atom is -0.444 e. The van der Waals surface area contributed by atoms with Gasteiger partial charge in [0.2, 0.25) is 11.8 Å². The van der Waals surface area contributed by atoms with Crippen molar-refractivity contribution in [2.45, 2.75) is 71.1 Å². The summed E-state index contributed by atoms with van der Waals surface area (Å²) in [6, 6.07) is 15.8. The fourth-order valence-corrected chi connectivity index (χ4v) is 5.70. The van der Waals surface area contributed by atoms with Crippen molar-refractivity contribution in [1.82, 2.24) is 19.9 Å². The first-order valence-electron chi connectivity index (χ1n) is 15.8. The summed E-state index contributed by atoms with van der Waals surface area (Å²) < 4.78 is 12.2. The molecule has 2 atom stereocenters. The van der Waals surface area contributed by atoms with E-state index in [0.29, 0.717) is 43.1 Å². The number of aliphatic hydroxyl groups excluding tert-OH is 1. The van der Waals surface area contributed by atoms with Crippen LogP contribution in [0.3, 0.4) is 0 Å². The number of aryl methyl sites for hydroxylation is 1. The maximum Gasteiger partial charge on any atom is 0.410 e. The van der Waals surface area contributed by atoms with E-state index in [0.717, 1.165) is 59.0 Å². The van der Waals surface area contributed by atoms with Gasteiger partial charge in [-0.15, -0.1) is 0 Å². The number of anilines is 2. The van der Waals surface area contributed by atoms with E-state index >= 15 is 0 Å². The Bertz CT molecular complexity index is 1670. The van der Waals surface area contributed by atoms with E-state index in [9.17, 15) is 9.90 Å². The van der Waals surface area contributed by atoms with Crippen LogP contribution >= 0.6 is 0 Å². The van der Waals surface area contributed by atoms with Gasteiger partial charge in [-0.1, -0.05) is 24.3 Å². The third kappa shape index (κ3) is 7.45. The van der Waals surface area contributed by atoms with E-state index < -0.39 is 5.60 Å². The van der Waals surface area contributed by atoms with Gasteiger partial charge in [-0.05, 0) is 89.1 Å². The normalized spacial score (nSPS) is 17.5. The number of hydrogen-bond donors (Lipinski definition) is 3. The molecule has 45 heavy (non-hydrogen) atoms. The molecule has 10 heteroatoms. The van der Waals surface area contributed by atoms with Crippen LogP contribution in [0, 0.1) is 12.8 Å². The molecule has 236 valence electrons. The van der Waals surface area contributed by atoms with Crippen LogP contribution in [0.5, 0.6) is 11.6 Å². The van der Waals surface area contributed by atoms with Crippen LogP contribution in [0.25, 0.3) is 22.0 Å². The van der Waals surface area contributed by atoms with Crippen molar-refractivity contribution in [1.29, 1.82) is 0 Å². The lowest BCUT2D eigenvalue weighted by Gasteiger charge is -2.34. The van der Waals surface area contributed by atoms with Gasteiger partial charge in [0.05, 0.1) is 17.4 Å². The Kier molecular flexibility index (Phi) is 8.76. The number of carbonyl (C=O) groups excluding carboxylic acids is 1. The number of amides is 1. The summed E-state index contributed by atoms with van der Waals surface area (Å²) in [6.07, 6.45) is 6.73. The van der Waals surface area contributed by atoms with Crippen LogP contribution in [0.2, 0.25) is 0 Å². The number of hydrogen-bond acceptors (Lipinski definition) is 9. The lowest BCUT2D eigenvalue weighted by molar-refractivity contribution is 0.0206. The lowest BCUT2D eigenvalue weighted by Crippen LogP contribution is -2.47. The van der Waals surface area contributed by atoms with Crippen molar-refractivity contribution in [3.05, 3.63) is 66.5 Å². The first-order valence-corrected chi connectivity index (χ1v) is 15.8. The Morgan fingerprint density at radius 1 is 1.04 bits per heavy atom. The average molecular weight is 611 g/mol. The maximum absolute atomic E-state index is 12.7. The number of aliphatic hydroxyl groups is 1. The van der Waals surface area contributed by atoms with E-state index in [4.69, 9.17) is 14.5 Å². The zero-order valence-electron chi connectivity index (χ0n) is 26.4. The van der Waals surface area contributed by atoms with Gasteiger partial charge < -0.3 is 30.1 Å². The molecule has 1 saturated carbocycles. The van der Waals surface area contributed by atoms with Gasteiger partial charge in [0.1, 0.15) is 11.4 Å². The summed E-state index contributed by atoms with van der Waals surface area (Å²) in [5, 5.41) is 19.2. The van der Waals surface area contributed by atoms with Crippen LogP contribution in [0.4, 0.5) is 16.4 Å². The number of nitrogens with zero attached hydrogens (tertiary/aromatic N) is 4. The van der Waals surface area contributed by atoms with Gasteiger partial charge in [-0.2, -0.15) is 0 Å². The molecule has 2 aromatic heterocycles. The summed E-state index contributed by atoms with van der Waals surface area (Å²) >= 11 is 0. The fourth-order valence-electron chi connectivity index (χ4n) is 5.70. The molecule has 1 amide bonds. The Labute approximate surface area is 264 Å². The van der Waals surface area contributed by atoms with E-state index in [-0.39, 0.29) is 18.2 Å². The number of nitrogens with one attached hydrogen (secondary N) is 2. The maximum atomic E-state index is 12.7. The number of pyridine rings is 1. The Morgan fingerprint density at radius 3 is 2.69 bits per heavy atom. The second-order valence-electron chi connectivity index (χ2n) is 13.0. The van der Waals surface area contributed by atoms with Crippen LogP contribution in [0.1, 0.15) is 52.0 Å². The summed E-state index contributed by atoms with van der Waals surface area (Å²) in [7, 11) is 0. The zero-order valence-corrected chi connectivity index (χ0v) is 26.4. The molecule has 2 aromatic carbocycles. The third-order valence-corrected chi connectivity index (χ3v) is 8.18. The quantitative estimate of drug-likeness (QED) is 0.188. The van der Waals surface area contributed by atoms with Gasteiger partial charge in [-0.25, -0.2) is 19.7 Å². The highest BCUT2D eigenvalue weighted by Gasteiger charge is 2.30.